The number of anilines is 1. The molecule has 0 aliphatic carbocycles. The molecular formula is C15H21N3O5. The Morgan fingerprint density at radius 3 is 2.78 bits per heavy atom. The van der Waals surface area contributed by atoms with Gasteiger partial charge in [0.1, 0.15) is 5.56 Å². The number of hydrogen-bond donors (Lipinski definition) is 1. The van der Waals surface area contributed by atoms with Gasteiger partial charge >= 0.3 is 5.97 Å². The first kappa shape index (κ1) is 17.2. The normalized spacial score (nSPS) is 16.6. The van der Waals surface area contributed by atoms with Crippen LogP contribution in [0.15, 0.2) is 18.2 Å². The van der Waals surface area contributed by atoms with E-state index in [-0.39, 0.29) is 17.3 Å². The fourth-order valence-electron chi connectivity index (χ4n) is 2.49. The number of nitrogens with zero attached hydrogens (tertiary/aromatic N) is 2. The lowest BCUT2D eigenvalue weighted by atomic mass is 10.1. The maximum absolute atomic E-state index is 11.7. The molecule has 1 atom stereocenters. The molecule has 8 heteroatoms. The summed E-state index contributed by atoms with van der Waals surface area (Å²) in [4.78, 5) is 24.4. The van der Waals surface area contributed by atoms with Gasteiger partial charge in [-0.1, -0.05) is 0 Å². The van der Waals surface area contributed by atoms with Crippen LogP contribution in [0.1, 0.15) is 17.3 Å². The third kappa shape index (κ3) is 4.40. The lowest BCUT2D eigenvalue weighted by Crippen LogP contribution is -2.45. The van der Waals surface area contributed by atoms with Crippen molar-refractivity contribution in [1.29, 1.82) is 0 Å². The van der Waals surface area contributed by atoms with E-state index in [9.17, 15) is 14.9 Å². The summed E-state index contributed by atoms with van der Waals surface area (Å²) in [6.45, 7) is 6.00. The molecule has 2 rings (SSSR count). The maximum atomic E-state index is 11.7. The zero-order chi connectivity index (χ0) is 16.8. The number of hydrogen-bond acceptors (Lipinski definition) is 7. The van der Waals surface area contributed by atoms with Gasteiger partial charge in [0.25, 0.3) is 5.69 Å². The molecule has 0 radical (unpaired) electrons. The molecular weight excluding hydrogens is 302 g/mol. The van der Waals surface area contributed by atoms with Crippen LogP contribution in [0.25, 0.3) is 0 Å². The topological polar surface area (TPSA) is 93.9 Å². The molecule has 0 aromatic heterocycles. The highest BCUT2D eigenvalue weighted by Gasteiger charge is 2.22. The van der Waals surface area contributed by atoms with E-state index in [2.05, 4.69) is 21.9 Å². The van der Waals surface area contributed by atoms with Crippen LogP contribution >= 0.6 is 0 Å². The lowest BCUT2D eigenvalue weighted by Gasteiger charge is -2.32. The molecule has 0 amide bonds. The summed E-state index contributed by atoms with van der Waals surface area (Å²) >= 11 is 0. The van der Waals surface area contributed by atoms with Crippen LogP contribution in [0.2, 0.25) is 0 Å². The third-order valence-corrected chi connectivity index (χ3v) is 3.87. The van der Waals surface area contributed by atoms with Crippen LogP contribution in [-0.4, -0.2) is 61.8 Å². The number of rotatable bonds is 6. The second-order valence-electron chi connectivity index (χ2n) is 5.36. The van der Waals surface area contributed by atoms with Crippen molar-refractivity contribution >= 4 is 17.3 Å². The van der Waals surface area contributed by atoms with E-state index in [1.54, 1.807) is 6.07 Å². The zero-order valence-corrected chi connectivity index (χ0v) is 13.3. The second kappa shape index (κ2) is 7.89. The number of nitro groups is 1. The third-order valence-electron chi connectivity index (χ3n) is 3.87. The van der Waals surface area contributed by atoms with E-state index in [1.165, 1.54) is 19.2 Å². The molecule has 1 fully saturated rings. The predicted molar refractivity (Wildman–Crippen MR) is 84.8 cm³/mol. The van der Waals surface area contributed by atoms with Gasteiger partial charge in [0.15, 0.2) is 0 Å². The van der Waals surface area contributed by atoms with Crippen LogP contribution < -0.4 is 5.32 Å². The monoisotopic (exact) mass is 323 g/mol. The van der Waals surface area contributed by atoms with Gasteiger partial charge in [-0.3, -0.25) is 15.0 Å². The van der Waals surface area contributed by atoms with Crippen LogP contribution in [-0.2, 0) is 9.47 Å². The summed E-state index contributed by atoms with van der Waals surface area (Å²) in [5.74, 6) is -0.721. The molecule has 1 aliphatic rings. The number of nitrogens with one attached hydrogen (secondary N) is 1. The number of benzene rings is 1. The Morgan fingerprint density at radius 2 is 2.17 bits per heavy atom. The van der Waals surface area contributed by atoms with Crippen molar-refractivity contribution in [3.8, 4) is 0 Å². The number of morpholine rings is 1. The first-order chi connectivity index (χ1) is 11.0. The predicted octanol–water partition coefficient (Wildman–Crippen LogP) is 1.51. The fraction of sp³-hybridized carbons (Fsp3) is 0.533. The molecule has 8 nitrogen and oxygen atoms in total. The summed E-state index contributed by atoms with van der Waals surface area (Å²) in [5, 5.41) is 14.2. The van der Waals surface area contributed by atoms with Crippen molar-refractivity contribution in [2.45, 2.75) is 13.0 Å². The Morgan fingerprint density at radius 1 is 1.48 bits per heavy atom. The van der Waals surface area contributed by atoms with Gasteiger partial charge in [-0.05, 0) is 19.1 Å². The summed E-state index contributed by atoms with van der Waals surface area (Å²) in [5.41, 5.74) is 0.335. The van der Waals surface area contributed by atoms with Gasteiger partial charge in [-0.15, -0.1) is 0 Å². The van der Waals surface area contributed by atoms with Crippen LogP contribution in [0.3, 0.4) is 0 Å². The average Bonchev–Trinajstić information content (AvgIpc) is 2.59. The van der Waals surface area contributed by atoms with Crippen molar-refractivity contribution in [3.05, 3.63) is 33.9 Å². The Labute approximate surface area is 134 Å². The van der Waals surface area contributed by atoms with Crippen LogP contribution in [0, 0.1) is 10.1 Å². The van der Waals surface area contributed by atoms with Gasteiger partial charge in [0.2, 0.25) is 0 Å². The van der Waals surface area contributed by atoms with Gasteiger partial charge in [-0.2, -0.15) is 0 Å². The van der Waals surface area contributed by atoms with Crippen molar-refractivity contribution in [2.75, 3.05) is 45.3 Å². The molecule has 1 aromatic rings. The highest BCUT2D eigenvalue weighted by molar-refractivity contribution is 5.95. The highest BCUT2D eigenvalue weighted by Crippen LogP contribution is 2.23. The molecule has 0 bridgehead atoms. The first-order valence-electron chi connectivity index (χ1n) is 7.45. The number of methoxy groups -OCH3 is 1. The van der Waals surface area contributed by atoms with Crippen LogP contribution in [0.4, 0.5) is 11.4 Å². The van der Waals surface area contributed by atoms with E-state index in [0.29, 0.717) is 12.2 Å². The maximum Gasteiger partial charge on any atom is 0.344 e. The van der Waals surface area contributed by atoms with Crippen LogP contribution in [0.5, 0.6) is 0 Å². The molecule has 1 N–H and O–H groups in total. The van der Waals surface area contributed by atoms with Crippen molar-refractivity contribution in [1.82, 2.24) is 4.90 Å². The molecule has 0 saturated carbocycles. The fourth-order valence-corrected chi connectivity index (χ4v) is 2.49. The molecule has 1 heterocycles. The summed E-state index contributed by atoms with van der Waals surface area (Å²) in [6, 6.07) is 4.65. The van der Waals surface area contributed by atoms with Gasteiger partial charge < -0.3 is 14.8 Å². The van der Waals surface area contributed by atoms with Gasteiger partial charge in [0.05, 0.1) is 25.2 Å². The molecule has 1 saturated heterocycles. The quantitative estimate of drug-likeness (QED) is 0.482. The molecule has 126 valence electrons. The van der Waals surface area contributed by atoms with E-state index >= 15 is 0 Å². The number of ether oxygens (including phenoxy) is 2. The first-order valence-corrected chi connectivity index (χ1v) is 7.45. The summed E-state index contributed by atoms with van der Waals surface area (Å²) in [7, 11) is 1.20. The SMILES string of the molecule is COC(=O)c1cc(NCC(C)N2CCOCC2)ccc1[N+](=O)[O-]. The van der Waals surface area contributed by atoms with E-state index in [1.807, 2.05) is 0 Å². The Bertz CT molecular complexity index is 572. The van der Waals surface area contributed by atoms with Gasteiger partial charge in [0, 0.05) is 37.4 Å². The molecule has 1 aromatic carbocycles. The number of nitro benzene ring substituents is 1. The van der Waals surface area contributed by atoms with Crippen molar-refractivity contribution in [3.63, 3.8) is 0 Å². The van der Waals surface area contributed by atoms with Crippen molar-refractivity contribution in [2.24, 2.45) is 0 Å². The minimum absolute atomic E-state index is 0.0541. The average molecular weight is 323 g/mol. The molecule has 1 unspecified atom stereocenters. The molecule has 0 spiro atoms. The van der Waals surface area contributed by atoms with Gasteiger partial charge in [-0.25, -0.2) is 4.79 Å². The Kier molecular flexibility index (Phi) is 5.89. The lowest BCUT2D eigenvalue weighted by molar-refractivity contribution is -0.385. The summed E-state index contributed by atoms with van der Waals surface area (Å²) < 4.78 is 9.93. The zero-order valence-electron chi connectivity index (χ0n) is 13.3. The Hall–Kier alpha value is -2.19. The van der Waals surface area contributed by atoms with Crippen molar-refractivity contribution < 1.29 is 19.2 Å². The van der Waals surface area contributed by atoms with E-state index < -0.39 is 10.9 Å². The largest absolute Gasteiger partial charge is 0.465 e. The number of carbonyl (C=O) groups excluding carboxylic acids is 1. The standard InChI is InChI=1S/C15H21N3O5/c1-11(17-5-7-23-8-6-17)10-16-12-3-4-14(18(20)21)13(9-12)15(19)22-2/h3-4,9,11,16H,5-8,10H2,1-2H3. The number of carbonyl (C=O) groups is 1. The molecule has 23 heavy (non-hydrogen) atoms. The smallest absolute Gasteiger partial charge is 0.344 e. The van der Waals surface area contributed by atoms with E-state index in [4.69, 9.17) is 4.74 Å². The van der Waals surface area contributed by atoms with E-state index in [0.717, 1.165) is 26.3 Å². The summed E-state index contributed by atoms with van der Waals surface area (Å²) in [6.07, 6.45) is 0. The number of esters is 1. The second-order valence-corrected chi connectivity index (χ2v) is 5.36. The minimum atomic E-state index is -0.721. The molecule has 1 aliphatic heterocycles. The highest BCUT2D eigenvalue weighted by atomic mass is 16.6. The Balaban J connectivity index is 2.05. The minimum Gasteiger partial charge on any atom is -0.465 e.